The molecular weight excluding hydrogens is 156 g/mol. The van der Waals surface area contributed by atoms with Crippen LogP contribution in [0.3, 0.4) is 0 Å². The maximum absolute atomic E-state index is 4.02. The second-order valence-electron chi connectivity index (χ2n) is 5.17. The second kappa shape index (κ2) is 5.47. The predicted molar refractivity (Wildman–Crippen MR) is 61.8 cm³/mol. The van der Waals surface area contributed by atoms with Gasteiger partial charge in [0, 0.05) is 0 Å². The van der Waals surface area contributed by atoms with Gasteiger partial charge < -0.3 is 0 Å². The van der Waals surface area contributed by atoms with Crippen LogP contribution < -0.4 is 0 Å². The highest BCUT2D eigenvalue weighted by Crippen LogP contribution is 2.31. The Bertz CT molecular complexity index is 153. The Morgan fingerprint density at radius 2 is 1.46 bits per heavy atom. The molecule has 0 bridgehead atoms. The Morgan fingerprint density at radius 1 is 1.00 bits per heavy atom. The van der Waals surface area contributed by atoms with Crippen LogP contribution in [0.2, 0.25) is 0 Å². The molecule has 0 saturated heterocycles. The molecule has 0 spiro atoms. The van der Waals surface area contributed by atoms with Crippen molar-refractivity contribution in [3.8, 4) is 0 Å². The molecule has 0 heteroatoms. The molecule has 0 nitrogen and oxygen atoms in total. The molecule has 0 rings (SSSR count). The minimum Gasteiger partial charge on any atom is -0.100 e. The number of hydrogen-bond donors (Lipinski definition) is 0. The zero-order chi connectivity index (χ0) is 10.6. The van der Waals surface area contributed by atoms with E-state index in [2.05, 4.69) is 48.1 Å². The fourth-order valence-electron chi connectivity index (χ4n) is 1.93. The van der Waals surface area contributed by atoms with Gasteiger partial charge in [0.2, 0.25) is 0 Å². The van der Waals surface area contributed by atoms with Crippen LogP contribution in [0, 0.1) is 23.7 Å². The summed E-state index contributed by atoms with van der Waals surface area (Å²) in [6, 6.07) is 0. The van der Waals surface area contributed by atoms with Crippen LogP contribution in [0.15, 0.2) is 12.2 Å². The molecule has 0 radical (unpaired) electrons. The van der Waals surface area contributed by atoms with E-state index < -0.39 is 0 Å². The van der Waals surface area contributed by atoms with E-state index in [0.717, 1.165) is 23.7 Å². The van der Waals surface area contributed by atoms with Gasteiger partial charge in [-0.25, -0.2) is 0 Å². The van der Waals surface area contributed by atoms with Crippen molar-refractivity contribution in [1.82, 2.24) is 0 Å². The molecule has 2 atom stereocenters. The highest BCUT2D eigenvalue weighted by Gasteiger charge is 2.22. The highest BCUT2D eigenvalue weighted by molar-refractivity contribution is 4.92. The Labute approximate surface area is 84.4 Å². The van der Waals surface area contributed by atoms with Crippen molar-refractivity contribution < 1.29 is 0 Å². The van der Waals surface area contributed by atoms with Crippen LogP contribution >= 0.6 is 0 Å². The fraction of sp³-hybridized carbons (Fsp3) is 0.846. The van der Waals surface area contributed by atoms with E-state index in [0.29, 0.717) is 0 Å². The summed E-state index contributed by atoms with van der Waals surface area (Å²) in [7, 11) is 0. The normalized spacial score (nSPS) is 16.3. The minimum atomic E-state index is 0.772. The quantitative estimate of drug-likeness (QED) is 0.548. The van der Waals surface area contributed by atoms with E-state index in [1.807, 2.05) is 0 Å². The van der Waals surface area contributed by atoms with Crippen molar-refractivity contribution >= 4 is 0 Å². The second-order valence-corrected chi connectivity index (χ2v) is 5.17. The van der Waals surface area contributed by atoms with Gasteiger partial charge in [-0.05, 0) is 37.0 Å². The van der Waals surface area contributed by atoms with Gasteiger partial charge in [0.1, 0.15) is 0 Å². The lowest BCUT2D eigenvalue weighted by Gasteiger charge is -2.30. The topological polar surface area (TPSA) is 0 Å². The molecule has 78 valence electrons. The van der Waals surface area contributed by atoms with E-state index in [1.54, 1.807) is 0 Å². The third kappa shape index (κ3) is 4.50. The van der Waals surface area contributed by atoms with Crippen molar-refractivity contribution in [3.05, 3.63) is 12.2 Å². The van der Waals surface area contributed by atoms with Gasteiger partial charge in [-0.2, -0.15) is 0 Å². The number of rotatable bonds is 5. The molecular formula is C13H26. The van der Waals surface area contributed by atoms with Gasteiger partial charge in [-0.1, -0.05) is 40.2 Å². The summed E-state index contributed by atoms with van der Waals surface area (Å²) in [6.45, 7) is 17.8. The van der Waals surface area contributed by atoms with E-state index >= 15 is 0 Å². The Morgan fingerprint density at radius 3 is 1.69 bits per heavy atom. The Balaban J connectivity index is 4.32. The van der Waals surface area contributed by atoms with Gasteiger partial charge in [-0.3, -0.25) is 0 Å². The van der Waals surface area contributed by atoms with E-state index in [9.17, 15) is 0 Å². The molecule has 0 aromatic carbocycles. The van der Waals surface area contributed by atoms with Crippen molar-refractivity contribution in [3.63, 3.8) is 0 Å². The summed E-state index contributed by atoms with van der Waals surface area (Å²) in [5, 5.41) is 0. The fourth-order valence-corrected chi connectivity index (χ4v) is 1.93. The SMILES string of the molecule is C=C(C)CC(C(C)C)C(C)C(C)C. The molecule has 0 fully saturated rings. The molecule has 0 aliphatic heterocycles. The molecule has 0 N–H and O–H groups in total. The first-order valence-corrected chi connectivity index (χ1v) is 5.50. The molecule has 0 heterocycles. The molecule has 0 aromatic heterocycles. The highest BCUT2D eigenvalue weighted by atomic mass is 14.3. The number of hydrogen-bond acceptors (Lipinski definition) is 0. The van der Waals surface area contributed by atoms with Crippen LogP contribution in [0.4, 0.5) is 0 Å². The Hall–Kier alpha value is -0.260. The lowest BCUT2D eigenvalue weighted by molar-refractivity contribution is 0.213. The molecule has 0 aromatic rings. The van der Waals surface area contributed by atoms with Crippen molar-refractivity contribution in [2.75, 3.05) is 0 Å². The summed E-state index contributed by atoms with van der Waals surface area (Å²) >= 11 is 0. The monoisotopic (exact) mass is 182 g/mol. The van der Waals surface area contributed by atoms with E-state index in [1.165, 1.54) is 12.0 Å². The van der Waals surface area contributed by atoms with Crippen LogP contribution in [0.5, 0.6) is 0 Å². The first-order valence-electron chi connectivity index (χ1n) is 5.50. The van der Waals surface area contributed by atoms with E-state index in [-0.39, 0.29) is 0 Å². The number of allylic oxidation sites excluding steroid dienone is 1. The third-order valence-electron chi connectivity index (χ3n) is 3.17. The molecule has 2 unspecified atom stereocenters. The predicted octanol–water partition coefficient (Wildman–Crippen LogP) is 4.52. The van der Waals surface area contributed by atoms with Gasteiger partial charge in [-0.15, -0.1) is 6.58 Å². The van der Waals surface area contributed by atoms with Gasteiger partial charge in [0.05, 0.1) is 0 Å². The first-order chi connectivity index (χ1) is 5.86. The molecule has 0 aliphatic carbocycles. The minimum absolute atomic E-state index is 0.772. The molecule has 0 aliphatic rings. The van der Waals surface area contributed by atoms with Gasteiger partial charge >= 0.3 is 0 Å². The van der Waals surface area contributed by atoms with Crippen LogP contribution in [0.1, 0.15) is 48.0 Å². The van der Waals surface area contributed by atoms with Crippen molar-refractivity contribution in [1.29, 1.82) is 0 Å². The van der Waals surface area contributed by atoms with Crippen molar-refractivity contribution in [2.24, 2.45) is 23.7 Å². The summed E-state index contributed by atoms with van der Waals surface area (Å²) < 4.78 is 0. The third-order valence-corrected chi connectivity index (χ3v) is 3.17. The smallest absolute Gasteiger partial charge is 0.0292 e. The summed E-state index contributed by atoms with van der Waals surface area (Å²) in [5.74, 6) is 3.16. The maximum Gasteiger partial charge on any atom is -0.0292 e. The van der Waals surface area contributed by atoms with Crippen LogP contribution in [-0.2, 0) is 0 Å². The average Bonchev–Trinajstić information content (AvgIpc) is 1.97. The van der Waals surface area contributed by atoms with E-state index in [4.69, 9.17) is 0 Å². The average molecular weight is 182 g/mol. The van der Waals surface area contributed by atoms with Crippen LogP contribution in [-0.4, -0.2) is 0 Å². The maximum atomic E-state index is 4.02. The zero-order valence-electron chi connectivity index (χ0n) is 10.2. The van der Waals surface area contributed by atoms with Crippen LogP contribution in [0.25, 0.3) is 0 Å². The standard InChI is InChI=1S/C13H26/c1-9(2)8-13(11(5)6)12(7)10(3)4/h10-13H,1,8H2,2-7H3. The van der Waals surface area contributed by atoms with Gasteiger partial charge in [0.15, 0.2) is 0 Å². The van der Waals surface area contributed by atoms with Crippen molar-refractivity contribution in [2.45, 2.75) is 48.0 Å². The lowest BCUT2D eigenvalue weighted by Crippen LogP contribution is -2.22. The molecule has 0 saturated carbocycles. The summed E-state index contributed by atoms with van der Waals surface area (Å²) in [5.41, 5.74) is 1.33. The largest absolute Gasteiger partial charge is 0.100 e. The zero-order valence-corrected chi connectivity index (χ0v) is 10.2. The first kappa shape index (κ1) is 12.7. The summed E-state index contributed by atoms with van der Waals surface area (Å²) in [4.78, 5) is 0. The lowest BCUT2D eigenvalue weighted by atomic mass is 9.75. The molecule has 13 heavy (non-hydrogen) atoms. The molecule has 0 amide bonds. The Kier molecular flexibility index (Phi) is 5.36. The van der Waals surface area contributed by atoms with Gasteiger partial charge in [0.25, 0.3) is 0 Å². The summed E-state index contributed by atoms with van der Waals surface area (Å²) in [6.07, 6.45) is 1.19.